The van der Waals surface area contributed by atoms with Crippen molar-refractivity contribution in [3.8, 4) is 0 Å². The Kier molecular flexibility index (Phi) is 3.50. The number of halogens is 2. The number of carbonyl (C=O) groups excluding carboxylic acids is 3. The number of allylic oxidation sites excluding steroid dienone is 2. The highest BCUT2D eigenvalue weighted by atomic mass is 35.5. The average molecular weight is 391 g/mol. The molecule has 6 rings (SSSR count). The maximum Gasteiger partial charge on any atom is 0.244 e. The number of benzene rings is 1. The Bertz CT molecular complexity index is 848. The molecule has 5 nitrogen and oxygen atoms in total. The van der Waals surface area contributed by atoms with Crippen molar-refractivity contribution < 1.29 is 14.4 Å². The molecule has 7 heteroatoms. The molecule has 1 N–H and O–H groups in total. The van der Waals surface area contributed by atoms with Crippen molar-refractivity contribution in [2.45, 2.75) is 6.42 Å². The van der Waals surface area contributed by atoms with Gasteiger partial charge in [0.1, 0.15) is 6.54 Å². The zero-order chi connectivity index (χ0) is 18.2. The van der Waals surface area contributed by atoms with Gasteiger partial charge >= 0.3 is 0 Å². The fourth-order valence-electron chi connectivity index (χ4n) is 5.09. The van der Waals surface area contributed by atoms with E-state index in [0.717, 1.165) is 11.3 Å². The molecule has 0 aromatic heterocycles. The van der Waals surface area contributed by atoms with Crippen LogP contribution in [0.25, 0.3) is 0 Å². The van der Waals surface area contributed by atoms with E-state index in [2.05, 4.69) is 17.5 Å². The normalized spacial score (nSPS) is 36.2. The molecule has 134 valence electrons. The smallest absolute Gasteiger partial charge is 0.244 e. The van der Waals surface area contributed by atoms with E-state index in [1.54, 1.807) is 12.1 Å². The number of nitrogens with zero attached hydrogens (tertiary/aromatic N) is 1. The summed E-state index contributed by atoms with van der Waals surface area (Å²) in [5.41, 5.74) is 0.476. The van der Waals surface area contributed by atoms with Gasteiger partial charge in [0.05, 0.1) is 21.9 Å². The van der Waals surface area contributed by atoms with Crippen LogP contribution in [-0.2, 0) is 14.4 Å². The number of carbonyl (C=O) groups is 3. The van der Waals surface area contributed by atoms with Crippen LogP contribution < -0.4 is 5.32 Å². The summed E-state index contributed by atoms with van der Waals surface area (Å²) < 4.78 is 0. The number of likely N-dealkylation sites (tertiary alicyclic amines) is 1. The van der Waals surface area contributed by atoms with E-state index < -0.39 is 5.91 Å². The first-order valence-electron chi connectivity index (χ1n) is 8.74. The molecule has 1 heterocycles. The summed E-state index contributed by atoms with van der Waals surface area (Å²) in [6.07, 6.45) is 5.35. The fraction of sp³-hybridized carbons (Fsp3) is 0.421. The first-order valence-corrected chi connectivity index (χ1v) is 9.50. The van der Waals surface area contributed by atoms with Crippen molar-refractivity contribution in [1.82, 2.24) is 4.90 Å². The third-order valence-corrected chi connectivity index (χ3v) is 7.00. The summed E-state index contributed by atoms with van der Waals surface area (Å²) in [6.45, 7) is -0.264. The van der Waals surface area contributed by atoms with Crippen molar-refractivity contribution in [2.24, 2.45) is 35.5 Å². The van der Waals surface area contributed by atoms with E-state index in [1.165, 1.54) is 6.07 Å². The topological polar surface area (TPSA) is 66.5 Å². The lowest BCUT2D eigenvalue weighted by Crippen LogP contribution is -2.40. The maximum absolute atomic E-state index is 12.8. The summed E-state index contributed by atoms with van der Waals surface area (Å²) in [7, 11) is 0. The summed E-state index contributed by atoms with van der Waals surface area (Å²) in [5.74, 6) is 0.0420. The molecule has 3 amide bonds. The van der Waals surface area contributed by atoms with Crippen molar-refractivity contribution >= 4 is 46.6 Å². The SMILES string of the molecule is O=C(CN1C(=O)[C@@H]2[C@@H]3C=C[C@H]([C@H]4C[C@H]34)[C@@H]2C1=O)Nc1ccc(Cl)c(Cl)c1. The van der Waals surface area contributed by atoms with Crippen LogP contribution in [0.5, 0.6) is 0 Å². The molecule has 26 heavy (non-hydrogen) atoms. The lowest BCUT2D eigenvalue weighted by atomic mass is 9.63. The third-order valence-electron chi connectivity index (χ3n) is 6.26. The molecular formula is C19H16Cl2N2O3. The van der Waals surface area contributed by atoms with Gasteiger partial charge in [-0.15, -0.1) is 0 Å². The number of hydrogen-bond acceptors (Lipinski definition) is 3. The maximum atomic E-state index is 12.8. The Balaban J connectivity index is 1.32. The minimum Gasteiger partial charge on any atom is -0.324 e. The molecule has 5 aliphatic rings. The number of nitrogens with one attached hydrogen (secondary N) is 1. The highest BCUT2D eigenvalue weighted by molar-refractivity contribution is 6.42. The molecule has 3 fully saturated rings. The van der Waals surface area contributed by atoms with Gasteiger partial charge in [-0.1, -0.05) is 35.4 Å². The largest absolute Gasteiger partial charge is 0.324 e. The molecule has 0 unspecified atom stereocenters. The van der Waals surface area contributed by atoms with Gasteiger partial charge in [0.2, 0.25) is 17.7 Å². The van der Waals surface area contributed by atoms with Crippen LogP contribution in [0.15, 0.2) is 30.4 Å². The number of hydrogen-bond donors (Lipinski definition) is 1. The Hall–Kier alpha value is -1.85. The lowest BCUT2D eigenvalue weighted by molar-refractivity contribution is -0.142. The molecule has 1 saturated heterocycles. The number of amides is 3. The summed E-state index contributed by atoms with van der Waals surface area (Å²) in [4.78, 5) is 39.2. The van der Waals surface area contributed by atoms with Crippen LogP contribution in [0.2, 0.25) is 10.0 Å². The second-order valence-electron chi connectivity index (χ2n) is 7.59. The summed E-state index contributed by atoms with van der Waals surface area (Å²) in [5, 5.41) is 3.38. The molecule has 1 aromatic carbocycles. The van der Waals surface area contributed by atoms with Gasteiger partial charge in [-0.05, 0) is 48.3 Å². The highest BCUT2D eigenvalue weighted by Gasteiger charge is 2.67. The molecule has 1 aliphatic heterocycles. The molecule has 2 bridgehead atoms. The van der Waals surface area contributed by atoms with Crippen LogP contribution in [0.3, 0.4) is 0 Å². The van der Waals surface area contributed by atoms with Gasteiger partial charge in [-0.25, -0.2) is 0 Å². The van der Waals surface area contributed by atoms with E-state index in [1.807, 2.05) is 0 Å². The summed E-state index contributed by atoms with van der Waals surface area (Å²) in [6, 6.07) is 4.74. The van der Waals surface area contributed by atoms with E-state index in [-0.39, 0.29) is 42.0 Å². The lowest BCUT2D eigenvalue weighted by Gasteiger charge is -2.37. The average Bonchev–Trinajstić information content (AvgIpc) is 3.39. The molecule has 2 saturated carbocycles. The number of rotatable bonds is 3. The first-order chi connectivity index (χ1) is 12.5. The zero-order valence-electron chi connectivity index (χ0n) is 13.7. The van der Waals surface area contributed by atoms with Gasteiger partial charge < -0.3 is 5.32 Å². The van der Waals surface area contributed by atoms with Crippen molar-refractivity contribution in [2.75, 3.05) is 11.9 Å². The predicted molar refractivity (Wildman–Crippen MR) is 96.5 cm³/mol. The van der Waals surface area contributed by atoms with Gasteiger partial charge in [-0.2, -0.15) is 0 Å². The Morgan fingerprint density at radius 1 is 1.04 bits per heavy atom. The first kappa shape index (κ1) is 16.3. The molecule has 6 atom stereocenters. The molecule has 1 aromatic rings. The van der Waals surface area contributed by atoms with Crippen LogP contribution in [0.1, 0.15) is 6.42 Å². The highest BCUT2D eigenvalue weighted by Crippen LogP contribution is 2.65. The summed E-state index contributed by atoms with van der Waals surface area (Å²) >= 11 is 11.8. The number of anilines is 1. The standard InChI is InChI=1S/C19H16Cl2N2O3/c20-13-4-1-8(5-14(13)21)22-15(24)7-23-18(25)16-9-2-3-10(12-6-11(9)12)17(16)19(23)26/h1-5,9-12,16-17H,6-7H2,(H,22,24)/t9-,10-,11-,12-,16-,17+/m1/s1. The second-order valence-corrected chi connectivity index (χ2v) is 8.41. The Morgan fingerprint density at radius 2 is 1.65 bits per heavy atom. The van der Waals surface area contributed by atoms with E-state index in [9.17, 15) is 14.4 Å². The Morgan fingerprint density at radius 3 is 2.23 bits per heavy atom. The minimum absolute atomic E-state index is 0.162. The molecule has 4 aliphatic carbocycles. The van der Waals surface area contributed by atoms with Crippen molar-refractivity contribution in [1.29, 1.82) is 0 Å². The second kappa shape index (κ2) is 5.57. The Labute approximate surface area is 160 Å². The van der Waals surface area contributed by atoms with Crippen LogP contribution in [0.4, 0.5) is 5.69 Å². The molecular weight excluding hydrogens is 375 g/mol. The quantitative estimate of drug-likeness (QED) is 0.637. The van der Waals surface area contributed by atoms with Crippen LogP contribution >= 0.6 is 23.2 Å². The fourth-order valence-corrected chi connectivity index (χ4v) is 5.39. The molecule has 0 spiro atoms. The van der Waals surface area contributed by atoms with E-state index in [0.29, 0.717) is 27.6 Å². The minimum atomic E-state index is -0.422. The van der Waals surface area contributed by atoms with Gasteiger partial charge in [-0.3, -0.25) is 19.3 Å². The van der Waals surface area contributed by atoms with Crippen LogP contribution in [-0.4, -0.2) is 29.2 Å². The van der Waals surface area contributed by atoms with Crippen LogP contribution in [0, 0.1) is 35.5 Å². The van der Waals surface area contributed by atoms with Gasteiger partial charge in [0.15, 0.2) is 0 Å². The monoisotopic (exact) mass is 390 g/mol. The number of imide groups is 1. The van der Waals surface area contributed by atoms with E-state index >= 15 is 0 Å². The molecule has 0 radical (unpaired) electrons. The third kappa shape index (κ3) is 2.26. The zero-order valence-corrected chi connectivity index (χ0v) is 15.2. The van der Waals surface area contributed by atoms with Gasteiger partial charge in [0.25, 0.3) is 0 Å². The van der Waals surface area contributed by atoms with E-state index in [4.69, 9.17) is 23.2 Å². The van der Waals surface area contributed by atoms with Crippen molar-refractivity contribution in [3.63, 3.8) is 0 Å². The van der Waals surface area contributed by atoms with Gasteiger partial charge in [0, 0.05) is 5.69 Å². The van der Waals surface area contributed by atoms with Crippen molar-refractivity contribution in [3.05, 3.63) is 40.4 Å². The predicted octanol–water partition coefficient (Wildman–Crippen LogP) is 2.99.